The number of hydrogen-bond acceptors (Lipinski definition) is 3. The van der Waals surface area contributed by atoms with Crippen molar-refractivity contribution in [3.63, 3.8) is 0 Å². The Morgan fingerprint density at radius 3 is 2.54 bits per heavy atom. The van der Waals surface area contributed by atoms with Crippen LogP contribution in [0.4, 0.5) is 0 Å². The van der Waals surface area contributed by atoms with E-state index in [2.05, 4.69) is 5.32 Å². The minimum atomic E-state index is -0.0526. The van der Waals surface area contributed by atoms with E-state index in [1.165, 1.54) is 18.7 Å². The van der Waals surface area contributed by atoms with E-state index in [-0.39, 0.29) is 11.0 Å². The first-order chi connectivity index (χ1) is 6.07. The average molecular weight is 215 g/mol. The molecular formula is C8H14AlNO2S. The van der Waals surface area contributed by atoms with Crippen LogP contribution in [0.3, 0.4) is 0 Å². The summed E-state index contributed by atoms with van der Waals surface area (Å²) in [6, 6.07) is 0. The predicted octanol–water partition coefficient (Wildman–Crippen LogP) is -0.0808. The van der Waals surface area contributed by atoms with Crippen LogP contribution in [0, 0.1) is 0 Å². The van der Waals surface area contributed by atoms with Crippen LogP contribution in [0.5, 0.6) is 0 Å². The molecule has 1 amide bonds. The number of amides is 1. The number of nitrogens with one attached hydrogen (secondary N) is 1. The fourth-order valence-electron chi connectivity index (χ4n) is 0.602. The second-order valence-corrected chi connectivity index (χ2v) is 4.24. The van der Waals surface area contributed by atoms with Crippen LogP contribution in [0.2, 0.25) is 0 Å². The van der Waals surface area contributed by atoms with E-state index in [1.807, 2.05) is 11.9 Å². The Morgan fingerprint density at radius 1 is 1.46 bits per heavy atom. The Hall–Kier alpha value is -0.238. The molecule has 0 aromatic heterocycles. The van der Waals surface area contributed by atoms with E-state index in [4.69, 9.17) is 0 Å². The van der Waals surface area contributed by atoms with Crippen LogP contribution in [-0.4, -0.2) is 39.6 Å². The lowest BCUT2D eigenvalue weighted by molar-refractivity contribution is -0.118. The van der Waals surface area contributed by atoms with Gasteiger partial charge >= 0.3 is 0 Å². The summed E-state index contributed by atoms with van der Waals surface area (Å²) in [5, 5.41) is 2.75. The summed E-state index contributed by atoms with van der Waals surface area (Å²) in [6.07, 6.45) is 0. The highest BCUT2D eigenvalue weighted by Gasteiger charge is 2.02. The van der Waals surface area contributed by atoms with Gasteiger partial charge in [-0.15, -0.1) is 4.94 Å². The molecule has 0 fully saturated rings. The topological polar surface area (TPSA) is 46.2 Å². The summed E-state index contributed by atoms with van der Waals surface area (Å²) >= 11 is 2.16. The van der Waals surface area contributed by atoms with E-state index in [9.17, 15) is 9.59 Å². The highest BCUT2D eigenvalue weighted by molar-refractivity contribution is 8.14. The fourth-order valence-corrected chi connectivity index (χ4v) is 1.81. The first-order valence-corrected chi connectivity index (χ1v) is 6.26. The van der Waals surface area contributed by atoms with Crippen LogP contribution in [0.1, 0.15) is 13.8 Å². The lowest BCUT2D eigenvalue weighted by Crippen LogP contribution is -2.22. The van der Waals surface area contributed by atoms with Crippen molar-refractivity contribution >= 4 is 39.1 Å². The molecule has 0 aliphatic carbocycles. The SMILES string of the molecule is CC(=O)NCCSC(=O)/C(C)=[CH]/[AlH2]. The van der Waals surface area contributed by atoms with Gasteiger partial charge in [-0.2, -0.15) is 0 Å². The maximum atomic E-state index is 11.2. The van der Waals surface area contributed by atoms with Crippen molar-refractivity contribution in [1.82, 2.24) is 5.32 Å². The third-order valence-electron chi connectivity index (χ3n) is 1.46. The van der Waals surface area contributed by atoms with Gasteiger partial charge in [0.1, 0.15) is 0 Å². The van der Waals surface area contributed by atoms with Crippen molar-refractivity contribution < 1.29 is 9.59 Å². The van der Waals surface area contributed by atoms with Crippen molar-refractivity contribution in [3.8, 4) is 0 Å². The molecule has 0 aromatic rings. The molecule has 0 rings (SSSR count). The molecule has 72 valence electrons. The largest absolute Gasteiger partial charge is 0.356 e. The van der Waals surface area contributed by atoms with Gasteiger partial charge in [0.05, 0.1) is 0 Å². The van der Waals surface area contributed by atoms with Crippen molar-refractivity contribution in [2.75, 3.05) is 12.3 Å². The van der Waals surface area contributed by atoms with Gasteiger partial charge in [-0.1, -0.05) is 11.8 Å². The van der Waals surface area contributed by atoms with Gasteiger partial charge in [-0.3, -0.25) is 9.59 Å². The molecule has 0 unspecified atom stereocenters. The summed E-state index contributed by atoms with van der Waals surface area (Å²) < 4.78 is 0. The van der Waals surface area contributed by atoms with Gasteiger partial charge in [0.15, 0.2) is 0 Å². The van der Waals surface area contributed by atoms with E-state index in [1.54, 1.807) is 0 Å². The first kappa shape index (κ1) is 12.8. The van der Waals surface area contributed by atoms with Crippen LogP contribution in [0.15, 0.2) is 10.5 Å². The molecule has 0 spiro atoms. The lowest BCUT2D eigenvalue weighted by Gasteiger charge is -2.01. The highest BCUT2D eigenvalue weighted by Crippen LogP contribution is 2.08. The highest BCUT2D eigenvalue weighted by atomic mass is 32.2. The zero-order valence-corrected chi connectivity index (χ0v) is 11.0. The monoisotopic (exact) mass is 215 g/mol. The number of carbonyl (C=O) groups is 2. The standard InChI is InChI=1S/C8H12NO2S.Al.2H/c1-6(2)8(11)12-5-4-9-7(3)10;;;/h1H,4-5H2,2-3H3,(H,9,10);;;. The molecule has 0 aliphatic heterocycles. The minimum absolute atomic E-state index is 0.0526. The number of hydrogen-bond donors (Lipinski definition) is 1. The Kier molecular flexibility index (Phi) is 7.06. The smallest absolute Gasteiger partial charge is 0.247 e. The first-order valence-electron chi connectivity index (χ1n) is 4.12. The molecule has 5 heteroatoms. The predicted molar refractivity (Wildman–Crippen MR) is 58.4 cm³/mol. The lowest BCUT2D eigenvalue weighted by atomic mass is 10.4. The normalized spacial score (nSPS) is 11.1. The van der Waals surface area contributed by atoms with Crippen LogP contribution in [-0.2, 0) is 9.59 Å². The zero-order chi connectivity index (χ0) is 10.3. The third-order valence-corrected chi connectivity index (χ3v) is 3.32. The molecule has 0 aromatic carbocycles. The average Bonchev–Trinajstić information content (AvgIpc) is 2.10. The van der Waals surface area contributed by atoms with Crippen molar-refractivity contribution in [1.29, 1.82) is 0 Å². The quantitative estimate of drug-likeness (QED) is 0.405. The summed E-state index contributed by atoms with van der Waals surface area (Å²) in [4.78, 5) is 23.6. The van der Waals surface area contributed by atoms with Gasteiger partial charge < -0.3 is 5.32 Å². The van der Waals surface area contributed by atoms with Crippen LogP contribution >= 0.6 is 11.8 Å². The van der Waals surface area contributed by atoms with Gasteiger partial charge in [0.25, 0.3) is 0 Å². The van der Waals surface area contributed by atoms with Gasteiger partial charge in [-0.25, -0.2) is 0 Å². The Morgan fingerprint density at radius 2 is 2.08 bits per heavy atom. The van der Waals surface area contributed by atoms with E-state index in [0.29, 0.717) is 12.3 Å². The second kappa shape index (κ2) is 7.19. The van der Waals surface area contributed by atoms with Crippen molar-refractivity contribution in [2.24, 2.45) is 0 Å². The summed E-state index contributed by atoms with van der Waals surface area (Å²) in [5.74, 6) is 0.591. The third kappa shape index (κ3) is 6.88. The van der Waals surface area contributed by atoms with Crippen molar-refractivity contribution in [2.45, 2.75) is 13.8 Å². The maximum absolute atomic E-state index is 11.2. The minimum Gasteiger partial charge on any atom is -0.356 e. The Balaban J connectivity index is 3.54. The van der Waals surface area contributed by atoms with E-state index in [0.717, 1.165) is 21.9 Å². The van der Waals surface area contributed by atoms with E-state index >= 15 is 0 Å². The van der Waals surface area contributed by atoms with Crippen LogP contribution in [0.25, 0.3) is 0 Å². The Bertz CT molecular complexity index is 228. The molecule has 3 nitrogen and oxygen atoms in total. The molecule has 0 atom stereocenters. The molecule has 0 aliphatic rings. The molecule has 0 saturated carbocycles. The van der Waals surface area contributed by atoms with Crippen LogP contribution < -0.4 is 5.32 Å². The summed E-state index contributed by atoms with van der Waals surface area (Å²) in [7, 11) is 0. The van der Waals surface area contributed by atoms with Gasteiger partial charge in [0, 0.05) is 19.2 Å². The van der Waals surface area contributed by atoms with Gasteiger partial charge in [0.2, 0.25) is 27.3 Å². The summed E-state index contributed by atoms with van der Waals surface area (Å²) in [6.45, 7) is 3.84. The molecule has 0 radical (unpaired) electrons. The fraction of sp³-hybridized carbons (Fsp3) is 0.500. The van der Waals surface area contributed by atoms with Gasteiger partial charge in [-0.05, 0) is 12.5 Å². The maximum Gasteiger partial charge on any atom is 0.247 e. The molecule has 1 N–H and O–H groups in total. The Labute approximate surface area is 90.8 Å². The number of carbonyl (C=O) groups excluding carboxylic acids is 2. The molecule has 0 saturated heterocycles. The van der Waals surface area contributed by atoms with E-state index < -0.39 is 0 Å². The summed E-state index contributed by atoms with van der Waals surface area (Å²) in [5.41, 5.74) is 0.819. The zero-order valence-electron chi connectivity index (χ0n) is 8.22. The number of rotatable bonds is 4. The molecule has 0 bridgehead atoms. The number of thioether (sulfide) groups is 1. The second-order valence-electron chi connectivity index (χ2n) is 2.59. The molecule has 13 heavy (non-hydrogen) atoms. The van der Waals surface area contributed by atoms with Crippen molar-refractivity contribution in [3.05, 3.63) is 10.5 Å². The molecular weight excluding hydrogens is 201 g/mol. The molecule has 0 heterocycles.